The minimum Gasteiger partial charge on any atom is -0.484 e. The summed E-state index contributed by atoms with van der Waals surface area (Å²) in [7, 11) is 0. The van der Waals surface area contributed by atoms with Crippen LogP contribution in [0.25, 0.3) is 0 Å². The number of amides is 1. The van der Waals surface area contributed by atoms with Crippen LogP contribution in [0.4, 0.5) is 0 Å². The molecule has 2 aromatic carbocycles. The van der Waals surface area contributed by atoms with E-state index in [1.165, 1.54) is 0 Å². The summed E-state index contributed by atoms with van der Waals surface area (Å²) < 4.78 is 11.1. The van der Waals surface area contributed by atoms with E-state index < -0.39 is 0 Å². The molecule has 0 bridgehead atoms. The van der Waals surface area contributed by atoms with Crippen LogP contribution in [0, 0.1) is 0 Å². The highest BCUT2D eigenvalue weighted by atomic mass is 35.5. The van der Waals surface area contributed by atoms with E-state index in [4.69, 9.17) is 20.8 Å². The number of carbonyl (C=O) groups is 1. The molecular formula is C19H16ClNO3. The topological polar surface area (TPSA) is 51.5 Å². The van der Waals surface area contributed by atoms with Crippen molar-refractivity contribution in [3.05, 3.63) is 88.8 Å². The molecule has 0 aliphatic carbocycles. The van der Waals surface area contributed by atoms with Crippen LogP contribution in [0.1, 0.15) is 21.9 Å². The smallest absolute Gasteiger partial charge is 0.287 e. The first-order valence-corrected chi connectivity index (χ1v) is 7.88. The van der Waals surface area contributed by atoms with E-state index in [0.717, 1.165) is 5.56 Å². The third-order valence-corrected chi connectivity index (χ3v) is 3.70. The second-order valence-corrected chi connectivity index (χ2v) is 5.56. The molecule has 3 rings (SSSR count). The SMILES string of the molecule is O=C(NCc1ccccc1)c1ccc(COc2ccccc2Cl)o1. The molecule has 0 atom stereocenters. The monoisotopic (exact) mass is 341 g/mol. The van der Waals surface area contributed by atoms with Crippen LogP contribution < -0.4 is 10.1 Å². The third kappa shape index (κ3) is 4.18. The summed E-state index contributed by atoms with van der Waals surface area (Å²) in [6.45, 7) is 0.654. The largest absolute Gasteiger partial charge is 0.484 e. The lowest BCUT2D eigenvalue weighted by atomic mass is 10.2. The Hall–Kier alpha value is -2.72. The molecule has 1 aromatic heterocycles. The van der Waals surface area contributed by atoms with Gasteiger partial charge in [-0.1, -0.05) is 54.1 Å². The summed E-state index contributed by atoms with van der Waals surface area (Å²) in [5.41, 5.74) is 1.03. The highest BCUT2D eigenvalue weighted by molar-refractivity contribution is 6.32. The van der Waals surface area contributed by atoms with Crippen molar-refractivity contribution in [2.75, 3.05) is 0 Å². The lowest BCUT2D eigenvalue weighted by Crippen LogP contribution is -2.22. The summed E-state index contributed by atoms with van der Waals surface area (Å²) in [4.78, 5) is 12.1. The highest BCUT2D eigenvalue weighted by Crippen LogP contribution is 2.24. The van der Waals surface area contributed by atoms with Crippen molar-refractivity contribution in [1.82, 2.24) is 5.32 Å². The Morgan fingerprint density at radius 2 is 1.75 bits per heavy atom. The lowest BCUT2D eigenvalue weighted by Gasteiger charge is -2.06. The quantitative estimate of drug-likeness (QED) is 0.721. The molecule has 5 heteroatoms. The average Bonchev–Trinajstić information content (AvgIpc) is 3.09. The summed E-state index contributed by atoms with van der Waals surface area (Å²) in [6, 6.07) is 20.2. The van der Waals surface area contributed by atoms with Crippen molar-refractivity contribution in [3.63, 3.8) is 0 Å². The molecule has 3 aromatic rings. The molecule has 0 spiro atoms. The van der Waals surface area contributed by atoms with Gasteiger partial charge in [0.2, 0.25) is 0 Å². The summed E-state index contributed by atoms with van der Waals surface area (Å²) >= 11 is 6.03. The van der Waals surface area contributed by atoms with E-state index in [1.807, 2.05) is 42.5 Å². The van der Waals surface area contributed by atoms with Gasteiger partial charge in [-0.3, -0.25) is 4.79 Å². The molecule has 1 amide bonds. The molecule has 0 aliphatic rings. The van der Waals surface area contributed by atoms with Gasteiger partial charge in [0.05, 0.1) is 5.02 Å². The van der Waals surface area contributed by atoms with Crippen molar-refractivity contribution in [2.45, 2.75) is 13.2 Å². The van der Waals surface area contributed by atoms with Gasteiger partial charge in [-0.25, -0.2) is 0 Å². The standard InChI is InChI=1S/C19H16ClNO3/c20-16-8-4-5-9-17(16)23-13-15-10-11-18(24-15)19(22)21-12-14-6-2-1-3-7-14/h1-11H,12-13H2,(H,21,22). The number of carbonyl (C=O) groups excluding carboxylic acids is 1. The lowest BCUT2D eigenvalue weighted by molar-refractivity contribution is 0.0919. The number of hydrogen-bond acceptors (Lipinski definition) is 3. The number of rotatable bonds is 6. The average molecular weight is 342 g/mol. The normalized spacial score (nSPS) is 10.4. The van der Waals surface area contributed by atoms with Crippen molar-refractivity contribution in [3.8, 4) is 5.75 Å². The Morgan fingerprint density at radius 1 is 1.00 bits per heavy atom. The zero-order chi connectivity index (χ0) is 16.8. The van der Waals surface area contributed by atoms with Crippen LogP contribution >= 0.6 is 11.6 Å². The fourth-order valence-corrected chi connectivity index (χ4v) is 2.34. The van der Waals surface area contributed by atoms with Gasteiger partial charge in [0.15, 0.2) is 5.76 Å². The van der Waals surface area contributed by atoms with E-state index in [1.54, 1.807) is 24.3 Å². The number of furan rings is 1. The number of nitrogens with one attached hydrogen (secondary N) is 1. The number of para-hydroxylation sites is 1. The van der Waals surface area contributed by atoms with Gasteiger partial charge in [0, 0.05) is 6.54 Å². The first-order valence-electron chi connectivity index (χ1n) is 7.50. The number of benzene rings is 2. The predicted molar refractivity (Wildman–Crippen MR) is 92.1 cm³/mol. The third-order valence-electron chi connectivity index (χ3n) is 3.39. The van der Waals surface area contributed by atoms with Crippen LogP contribution in [0.3, 0.4) is 0 Å². The first kappa shape index (κ1) is 16.1. The van der Waals surface area contributed by atoms with Gasteiger partial charge in [0.25, 0.3) is 5.91 Å². The van der Waals surface area contributed by atoms with Gasteiger partial charge in [-0.15, -0.1) is 0 Å². The fraction of sp³-hybridized carbons (Fsp3) is 0.105. The molecule has 4 nitrogen and oxygen atoms in total. The molecular weight excluding hydrogens is 326 g/mol. The second kappa shape index (κ2) is 7.70. The molecule has 0 aliphatic heterocycles. The van der Waals surface area contributed by atoms with E-state index in [2.05, 4.69) is 5.32 Å². The molecule has 0 unspecified atom stereocenters. The Labute approximate surface area is 145 Å². The maximum atomic E-state index is 12.1. The molecule has 1 heterocycles. The second-order valence-electron chi connectivity index (χ2n) is 5.15. The van der Waals surface area contributed by atoms with E-state index in [-0.39, 0.29) is 18.3 Å². The van der Waals surface area contributed by atoms with Crippen molar-refractivity contribution in [2.24, 2.45) is 0 Å². The van der Waals surface area contributed by atoms with Gasteiger partial charge >= 0.3 is 0 Å². The zero-order valence-electron chi connectivity index (χ0n) is 12.9. The first-order chi connectivity index (χ1) is 11.7. The molecule has 122 valence electrons. The Morgan fingerprint density at radius 3 is 2.54 bits per heavy atom. The fourth-order valence-electron chi connectivity index (χ4n) is 2.15. The Balaban J connectivity index is 1.55. The maximum absolute atomic E-state index is 12.1. The van der Waals surface area contributed by atoms with E-state index in [0.29, 0.717) is 23.1 Å². The van der Waals surface area contributed by atoms with Crippen molar-refractivity contribution >= 4 is 17.5 Å². The summed E-state index contributed by atoms with van der Waals surface area (Å²) in [6.07, 6.45) is 0. The Bertz CT molecular complexity index is 814. The van der Waals surface area contributed by atoms with Gasteiger partial charge in [-0.2, -0.15) is 0 Å². The summed E-state index contributed by atoms with van der Waals surface area (Å²) in [5, 5.41) is 3.35. The highest BCUT2D eigenvalue weighted by Gasteiger charge is 2.11. The molecule has 0 saturated heterocycles. The molecule has 1 N–H and O–H groups in total. The molecule has 0 fully saturated rings. The number of ether oxygens (including phenoxy) is 1. The van der Waals surface area contributed by atoms with Crippen LogP contribution in [0.2, 0.25) is 5.02 Å². The van der Waals surface area contributed by atoms with Crippen LogP contribution in [-0.4, -0.2) is 5.91 Å². The Kier molecular flexibility index (Phi) is 5.18. The van der Waals surface area contributed by atoms with E-state index >= 15 is 0 Å². The van der Waals surface area contributed by atoms with Crippen molar-refractivity contribution in [1.29, 1.82) is 0 Å². The minimum atomic E-state index is -0.261. The van der Waals surface area contributed by atoms with E-state index in [9.17, 15) is 4.79 Å². The van der Waals surface area contributed by atoms with Crippen LogP contribution in [0.5, 0.6) is 5.75 Å². The zero-order valence-corrected chi connectivity index (χ0v) is 13.6. The van der Waals surface area contributed by atoms with Crippen LogP contribution in [-0.2, 0) is 13.2 Å². The van der Waals surface area contributed by atoms with Gasteiger partial charge in [0.1, 0.15) is 18.1 Å². The number of halogens is 1. The van der Waals surface area contributed by atoms with Crippen LogP contribution in [0.15, 0.2) is 71.1 Å². The summed E-state index contributed by atoms with van der Waals surface area (Å²) in [5.74, 6) is 1.12. The van der Waals surface area contributed by atoms with Gasteiger partial charge in [-0.05, 0) is 29.8 Å². The number of hydrogen-bond donors (Lipinski definition) is 1. The molecule has 24 heavy (non-hydrogen) atoms. The predicted octanol–water partition coefficient (Wildman–Crippen LogP) is 4.44. The molecule has 0 saturated carbocycles. The maximum Gasteiger partial charge on any atom is 0.287 e. The molecule has 0 radical (unpaired) electrons. The van der Waals surface area contributed by atoms with Crippen molar-refractivity contribution < 1.29 is 13.9 Å². The van der Waals surface area contributed by atoms with Gasteiger partial charge < -0.3 is 14.5 Å². The minimum absolute atomic E-state index is 0.204.